The van der Waals surface area contributed by atoms with Crippen molar-refractivity contribution in [3.8, 4) is 5.69 Å². The second kappa shape index (κ2) is 6.01. The third-order valence-electron chi connectivity index (χ3n) is 3.90. The Hall–Kier alpha value is -3.22. The molecule has 3 heterocycles. The molecule has 0 radical (unpaired) electrons. The van der Waals surface area contributed by atoms with Crippen molar-refractivity contribution in [2.24, 2.45) is 0 Å². The topological polar surface area (TPSA) is 68.8 Å². The highest BCUT2D eigenvalue weighted by molar-refractivity contribution is 5.90. The Bertz CT molecular complexity index is 1020. The molecule has 0 fully saturated rings. The van der Waals surface area contributed by atoms with Gasteiger partial charge in [-0.15, -0.1) is 0 Å². The number of hydrogen-bond acceptors (Lipinski definition) is 5. The van der Waals surface area contributed by atoms with E-state index in [9.17, 15) is 4.39 Å². The van der Waals surface area contributed by atoms with Crippen molar-refractivity contribution in [1.82, 2.24) is 19.7 Å². The number of hydrogen-bond donors (Lipinski definition) is 1. The zero-order valence-corrected chi connectivity index (χ0v) is 13.8. The van der Waals surface area contributed by atoms with Gasteiger partial charge in [-0.3, -0.25) is 0 Å². The minimum Gasteiger partial charge on any atom is -0.467 e. The van der Waals surface area contributed by atoms with E-state index in [1.807, 2.05) is 26.0 Å². The van der Waals surface area contributed by atoms with Crippen LogP contribution in [0.1, 0.15) is 17.3 Å². The Labute approximate surface area is 143 Å². The van der Waals surface area contributed by atoms with Crippen LogP contribution in [0.15, 0.2) is 47.1 Å². The number of nitrogens with one attached hydrogen (secondary N) is 1. The van der Waals surface area contributed by atoms with Crippen molar-refractivity contribution in [3.63, 3.8) is 0 Å². The zero-order chi connectivity index (χ0) is 17.4. The molecule has 0 aliphatic heterocycles. The fraction of sp³-hybridized carbons (Fsp3) is 0.167. The number of furan rings is 1. The maximum Gasteiger partial charge on any atom is 0.168 e. The van der Waals surface area contributed by atoms with Gasteiger partial charge in [0.15, 0.2) is 5.65 Å². The van der Waals surface area contributed by atoms with Gasteiger partial charge in [0.05, 0.1) is 29.6 Å². The summed E-state index contributed by atoms with van der Waals surface area (Å²) in [7, 11) is 0. The normalized spacial score (nSPS) is 11.2. The Balaban J connectivity index is 1.81. The maximum atomic E-state index is 13.2. The van der Waals surface area contributed by atoms with Crippen LogP contribution in [0.5, 0.6) is 0 Å². The van der Waals surface area contributed by atoms with Gasteiger partial charge in [-0.1, -0.05) is 0 Å². The molecule has 0 unspecified atom stereocenters. The lowest BCUT2D eigenvalue weighted by atomic mass is 10.2. The summed E-state index contributed by atoms with van der Waals surface area (Å²) in [6.45, 7) is 4.24. The van der Waals surface area contributed by atoms with Crippen molar-refractivity contribution in [1.29, 1.82) is 0 Å². The van der Waals surface area contributed by atoms with Gasteiger partial charge in [0.2, 0.25) is 0 Å². The molecule has 25 heavy (non-hydrogen) atoms. The smallest absolute Gasteiger partial charge is 0.168 e. The molecule has 4 rings (SSSR count). The van der Waals surface area contributed by atoms with Gasteiger partial charge in [0.1, 0.15) is 23.2 Å². The van der Waals surface area contributed by atoms with Gasteiger partial charge < -0.3 is 9.73 Å². The number of halogens is 1. The van der Waals surface area contributed by atoms with E-state index in [4.69, 9.17) is 4.42 Å². The Morgan fingerprint density at radius 2 is 1.92 bits per heavy atom. The van der Waals surface area contributed by atoms with E-state index < -0.39 is 0 Å². The van der Waals surface area contributed by atoms with E-state index in [0.717, 1.165) is 22.5 Å². The van der Waals surface area contributed by atoms with Gasteiger partial charge in [0, 0.05) is 0 Å². The molecule has 4 aromatic rings. The summed E-state index contributed by atoms with van der Waals surface area (Å²) in [4.78, 5) is 9.04. The third kappa shape index (κ3) is 2.84. The fourth-order valence-electron chi connectivity index (χ4n) is 2.77. The van der Waals surface area contributed by atoms with Crippen molar-refractivity contribution >= 4 is 16.9 Å². The van der Waals surface area contributed by atoms with Crippen LogP contribution in [0.2, 0.25) is 0 Å². The van der Waals surface area contributed by atoms with E-state index in [2.05, 4.69) is 20.4 Å². The SMILES string of the molecule is Cc1nc(NCc2ccco2)c2c(C)nn(-c3ccc(F)cc3)c2n1. The Morgan fingerprint density at radius 1 is 1.12 bits per heavy atom. The first kappa shape index (κ1) is 15.3. The van der Waals surface area contributed by atoms with Gasteiger partial charge in [-0.25, -0.2) is 19.0 Å². The number of rotatable bonds is 4. The molecule has 0 amide bonds. The van der Waals surface area contributed by atoms with Crippen LogP contribution < -0.4 is 5.32 Å². The summed E-state index contributed by atoms with van der Waals surface area (Å²) in [5.74, 6) is 1.85. The molecule has 1 aromatic carbocycles. The van der Waals surface area contributed by atoms with Crippen molar-refractivity contribution in [2.45, 2.75) is 20.4 Å². The van der Waals surface area contributed by atoms with Gasteiger partial charge in [-0.2, -0.15) is 5.10 Å². The first-order chi connectivity index (χ1) is 12.1. The predicted molar refractivity (Wildman–Crippen MR) is 92.1 cm³/mol. The minimum absolute atomic E-state index is 0.288. The van der Waals surface area contributed by atoms with Crippen LogP contribution in [0, 0.1) is 19.7 Å². The molecule has 126 valence electrons. The third-order valence-corrected chi connectivity index (χ3v) is 3.90. The lowest BCUT2D eigenvalue weighted by Gasteiger charge is -2.08. The Morgan fingerprint density at radius 3 is 2.64 bits per heavy atom. The summed E-state index contributed by atoms with van der Waals surface area (Å²) in [6, 6.07) is 9.90. The summed E-state index contributed by atoms with van der Waals surface area (Å²) < 4.78 is 20.3. The molecule has 3 aromatic heterocycles. The average Bonchev–Trinajstić information content (AvgIpc) is 3.22. The summed E-state index contributed by atoms with van der Waals surface area (Å²) in [5.41, 5.74) is 2.22. The highest BCUT2D eigenvalue weighted by atomic mass is 19.1. The molecule has 1 N–H and O–H groups in total. The number of benzene rings is 1. The monoisotopic (exact) mass is 337 g/mol. The summed E-state index contributed by atoms with van der Waals surface area (Å²) in [5, 5.41) is 8.69. The van der Waals surface area contributed by atoms with E-state index in [1.165, 1.54) is 12.1 Å². The second-order valence-corrected chi connectivity index (χ2v) is 5.72. The number of anilines is 1. The fourth-order valence-corrected chi connectivity index (χ4v) is 2.77. The van der Waals surface area contributed by atoms with E-state index in [-0.39, 0.29) is 5.82 Å². The highest BCUT2D eigenvalue weighted by Gasteiger charge is 2.16. The molecule has 0 atom stereocenters. The average molecular weight is 337 g/mol. The molecule has 0 saturated carbocycles. The van der Waals surface area contributed by atoms with E-state index >= 15 is 0 Å². The number of fused-ring (bicyclic) bond motifs is 1. The summed E-state index contributed by atoms with van der Waals surface area (Å²) >= 11 is 0. The van der Waals surface area contributed by atoms with Gasteiger partial charge >= 0.3 is 0 Å². The second-order valence-electron chi connectivity index (χ2n) is 5.72. The van der Waals surface area contributed by atoms with Crippen molar-refractivity contribution < 1.29 is 8.81 Å². The van der Waals surface area contributed by atoms with Gasteiger partial charge in [-0.05, 0) is 50.2 Å². The lowest BCUT2D eigenvalue weighted by molar-refractivity contribution is 0.518. The lowest BCUT2D eigenvalue weighted by Crippen LogP contribution is -2.05. The first-order valence-electron chi connectivity index (χ1n) is 7.88. The van der Waals surface area contributed by atoms with Crippen LogP contribution >= 0.6 is 0 Å². The van der Waals surface area contributed by atoms with Crippen molar-refractivity contribution in [3.05, 3.63) is 65.8 Å². The molecular weight excluding hydrogens is 321 g/mol. The maximum absolute atomic E-state index is 13.2. The molecule has 6 nitrogen and oxygen atoms in total. The number of aromatic nitrogens is 4. The van der Waals surface area contributed by atoms with Crippen molar-refractivity contribution in [2.75, 3.05) is 5.32 Å². The molecule has 0 saturated heterocycles. The molecular formula is C18H16FN5O. The quantitative estimate of drug-likeness (QED) is 0.614. The predicted octanol–water partition coefficient (Wildman–Crippen LogP) is 3.78. The molecule has 0 bridgehead atoms. The van der Waals surface area contributed by atoms with Crippen LogP contribution in [0.4, 0.5) is 10.2 Å². The molecule has 7 heteroatoms. The van der Waals surface area contributed by atoms with E-state index in [0.29, 0.717) is 23.8 Å². The van der Waals surface area contributed by atoms with Crippen LogP contribution in [-0.4, -0.2) is 19.7 Å². The van der Waals surface area contributed by atoms with Crippen LogP contribution in [0.25, 0.3) is 16.7 Å². The number of nitrogens with zero attached hydrogens (tertiary/aromatic N) is 4. The minimum atomic E-state index is -0.288. The molecule has 0 aliphatic rings. The highest BCUT2D eigenvalue weighted by Crippen LogP contribution is 2.26. The standard InChI is InChI=1S/C18H16FN5O/c1-11-16-17(20-10-15-4-3-9-25-15)21-12(2)22-18(16)24(23-11)14-7-5-13(19)6-8-14/h3-9H,10H2,1-2H3,(H,20,21,22). The number of aryl methyl sites for hydroxylation is 2. The molecule has 0 aliphatic carbocycles. The largest absolute Gasteiger partial charge is 0.467 e. The van der Waals surface area contributed by atoms with E-state index in [1.54, 1.807) is 23.1 Å². The van der Waals surface area contributed by atoms with Gasteiger partial charge in [0.25, 0.3) is 0 Å². The van der Waals surface area contributed by atoms with Crippen LogP contribution in [0.3, 0.4) is 0 Å². The zero-order valence-electron chi connectivity index (χ0n) is 13.8. The summed E-state index contributed by atoms with van der Waals surface area (Å²) in [6.07, 6.45) is 1.63. The Kier molecular flexibility index (Phi) is 3.68. The molecule has 0 spiro atoms. The first-order valence-corrected chi connectivity index (χ1v) is 7.88. The van der Waals surface area contributed by atoms with Crippen LogP contribution in [-0.2, 0) is 6.54 Å².